The second-order valence-electron chi connectivity index (χ2n) is 4.19. The molecular formula is C12H21NO4S2. The van der Waals surface area contributed by atoms with Crippen molar-refractivity contribution in [3.05, 3.63) is 22.4 Å². The van der Waals surface area contributed by atoms with E-state index < -0.39 is 15.9 Å². The van der Waals surface area contributed by atoms with E-state index in [9.17, 15) is 13.5 Å². The maximum Gasteiger partial charge on any atom is 0.151 e. The molecule has 1 aromatic heterocycles. The van der Waals surface area contributed by atoms with Gasteiger partial charge in [0.1, 0.15) is 0 Å². The highest BCUT2D eigenvalue weighted by Crippen LogP contribution is 2.09. The third-order valence-corrected chi connectivity index (χ3v) is 5.10. The Hall–Kier alpha value is -0.470. The van der Waals surface area contributed by atoms with E-state index in [0.717, 1.165) is 4.88 Å². The minimum Gasteiger partial charge on any atom is -0.389 e. The average molecular weight is 307 g/mol. The molecule has 0 aliphatic carbocycles. The summed E-state index contributed by atoms with van der Waals surface area (Å²) in [6.07, 6.45) is -0.621. The van der Waals surface area contributed by atoms with Crippen molar-refractivity contribution in [3.8, 4) is 0 Å². The zero-order chi connectivity index (χ0) is 14.1. The van der Waals surface area contributed by atoms with Gasteiger partial charge < -0.3 is 15.2 Å². The minimum absolute atomic E-state index is 0.103. The zero-order valence-corrected chi connectivity index (χ0v) is 12.7. The summed E-state index contributed by atoms with van der Waals surface area (Å²) in [7, 11) is -2.94. The zero-order valence-electron chi connectivity index (χ0n) is 11.0. The molecule has 7 heteroatoms. The number of thiophene rings is 1. The van der Waals surface area contributed by atoms with Gasteiger partial charge in [0.2, 0.25) is 0 Å². The molecule has 0 aliphatic rings. The van der Waals surface area contributed by atoms with Crippen LogP contribution in [-0.4, -0.2) is 50.8 Å². The first kappa shape index (κ1) is 16.6. The van der Waals surface area contributed by atoms with E-state index in [0.29, 0.717) is 19.7 Å². The maximum absolute atomic E-state index is 11.2. The van der Waals surface area contributed by atoms with Crippen LogP contribution in [0.2, 0.25) is 0 Å². The Morgan fingerprint density at radius 3 is 2.95 bits per heavy atom. The minimum atomic E-state index is -2.94. The molecule has 0 saturated carbocycles. The summed E-state index contributed by atoms with van der Waals surface area (Å²) in [4.78, 5) is 1.12. The van der Waals surface area contributed by atoms with E-state index in [1.165, 1.54) is 0 Å². The lowest BCUT2D eigenvalue weighted by Crippen LogP contribution is -2.33. The number of hydrogen-bond acceptors (Lipinski definition) is 6. The summed E-state index contributed by atoms with van der Waals surface area (Å²) < 4.78 is 27.8. The van der Waals surface area contributed by atoms with Gasteiger partial charge in [0.15, 0.2) is 9.84 Å². The van der Waals surface area contributed by atoms with Gasteiger partial charge in [-0.3, -0.25) is 0 Å². The van der Waals surface area contributed by atoms with Gasteiger partial charge in [-0.25, -0.2) is 8.42 Å². The molecule has 5 nitrogen and oxygen atoms in total. The largest absolute Gasteiger partial charge is 0.389 e. The highest BCUT2D eigenvalue weighted by atomic mass is 32.2. The van der Waals surface area contributed by atoms with E-state index in [4.69, 9.17) is 4.74 Å². The first-order valence-electron chi connectivity index (χ1n) is 6.23. The Morgan fingerprint density at radius 2 is 2.32 bits per heavy atom. The monoisotopic (exact) mass is 307 g/mol. The molecule has 19 heavy (non-hydrogen) atoms. The number of ether oxygens (including phenoxy) is 1. The van der Waals surface area contributed by atoms with Gasteiger partial charge >= 0.3 is 0 Å². The van der Waals surface area contributed by atoms with Crippen molar-refractivity contribution in [2.24, 2.45) is 0 Å². The predicted molar refractivity (Wildman–Crippen MR) is 77.2 cm³/mol. The third kappa shape index (κ3) is 7.64. The number of rotatable bonds is 10. The third-order valence-electron chi connectivity index (χ3n) is 2.54. The first-order valence-corrected chi connectivity index (χ1v) is 8.93. The number of aliphatic hydroxyl groups excluding tert-OH is 1. The van der Waals surface area contributed by atoms with Crippen molar-refractivity contribution < 1.29 is 18.3 Å². The molecule has 0 saturated heterocycles. The van der Waals surface area contributed by atoms with Crippen LogP contribution in [0.1, 0.15) is 11.8 Å². The van der Waals surface area contributed by atoms with Crippen LogP contribution in [0.25, 0.3) is 0 Å². The number of nitrogens with one attached hydrogen (secondary N) is 1. The van der Waals surface area contributed by atoms with Crippen molar-refractivity contribution in [2.45, 2.75) is 19.6 Å². The van der Waals surface area contributed by atoms with Gasteiger partial charge in [0.25, 0.3) is 0 Å². The Morgan fingerprint density at radius 1 is 1.53 bits per heavy atom. The average Bonchev–Trinajstić information content (AvgIpc) is 2.88. The lowest BCUT2D eigenvalue weighted by molar-refractivity contribution is 0.0301. The van der Waals surface area contributed by atoms with Gasteiger partial charge in [0, 0.05) is 23.7 Å². The van der Waals surface area contributed by atoms with E-state index in [-0.39, 0.29) is 18.1 Å². The van der Waals surface area contributed by atoms with Crippen LogP contribution < -0.4 is 5.32 Å². The molecule has 0 fully saturated rings. The normalized spacial score (nSPS) is 13.6. The Balaban J connectivity index is 2.03. The van der Waals surface area contributed by atoms with Gasteiger partial charge in [0.05, 0.1) is 25.1 Å². The predicted octanol–water partition coefficient (Wildman–Crippen LogP) is 0.650. The molecule has 1 aromatic rings. The van der Waals surface area contributed by atoms with Crippen LogP contribution >= 0.6 is 11.3 Å². The smallest absolute Gasteiger partial charge is 0.151 e. The summed E-state index contributed by atoms with van der Waals surface area (Å²) in [5.74, 6) is 0.257. The van der Waals surface area contributed by atoms with Crippen LogP contribution in [0.5, 0.6) is 0 Å². The summed E-state index contributed by atoms with van der Waals surface area (Å²) in [5, 5.41) is 14.5. The fourth-order valence-corrected chi connectivity index (χ4v) is 2.77. The Bertz CT molecular complexity index is 431. The second kappa shape index (κ2) is 8.65. The SMILES string of the molecule is CCS(=O)(=O)CCNCC(O)COCc1cccs1. The number of hydrogen-bond donors (Lipinski definition) is 2. The molecule has 0 aromatic carbocycles. The van der Waals surface area contributed by atoms with Crippen LogP contribution in [0.3, 0.4) is 0 Å². The van der Waals surface area contributed by atoms with Crippen molar-refractivity contribution >= 4 is 21.2 Å². The standard InChI is InChI=1S/C12H21NO4S2/c1-2-19(15,16)7-5-13-8-11(14)9-17-10-12-4-3-6-18-12/h3-4,6,11,13-14H,2,5,7-10H2,1H3. The van der Waals surface area contributed by atoms with Crippen molar-refractivity contribution in [1.29, 1.82) is 0 Å². The summed E-state index contributed by atoms with van der Waals surface area (Å²) in [6, 6.07) is 3.93. The van der Waals surface area contributed by atoms with Gasteiger partial charge in [-0.2, -0.15) is 0 Å². The lowest BCUT2D eigenvalue weighted by atomic mass is 10.4. The Kier molecular flexibility index (Phi) is 7.55. The quantitative estimate of drug-likeness (QED) is 0.621. The van der Waals surface area contributed by atoms with Crippen molar-refractivity contribution in [2.75, 3.05) is 31.2 Å². The molecule has 2 N–H and O–H groups in total. The highest BCUT2D eigenvalue weighted by Gasteiger charge is 2.08. The van der Waals surface area contributed by atoms with Crippen molar-refractivity contribution in [1.82, 2.24) is 5.32 Å². The van der Waals surface area contributed by atoms with Gasteiger partial charge in [-0.15, -0.1) is 11.3 Å². The molecule has 1 unspecified atom stereocenters. The summed E-state index contributed by atoms with van der Waals surface area (Å²) in [6.45, 7) is 3.06. The van der Waals surface area contributed by atoms with E-state index >= 15 is 0 Å². The van der Waals surface area contributed by atoms with Crippen LogP contribution in [-0.2, 0) is 21.2 Å². The van der Waals surface area contributed by atoms with Crippen molar-refractivity contribution in [3.63, 3.8) is 0 Å². The molecule has 1 heterocycles. The maximum atomic E-state index is 11.2. The fraction of sp³-hybridized carbons (Fsp3) is 0.667. The van der Waals surface area contributed by atoms with Crippen LogP contribution in [0, 0.1) is 0 Å². The molecule has 1 atom stereocenters. The van der Waals surface area contributed by atoms with Gasteiger partial charge in [-0.05, 0) is 11.4 Å². The van der Waals surface area contributed by atoms with E-state index in [1.54, 1.807) is 18.3 Å². The van der Waals surface area contributed by atoms with E-state index in [2.05, 4.69) is 5.32 Å². The van der Waals surface area contributed by atoms with Crippen LogP contribution in [0.15, 0.2) is 17.5 Å². The van der Waals surface area contributed by atoms with Crippen LogP contribution in [0.4, 0.5) is 0 Å². The number of sulfone groups is 1. The second-order valence-corrected chi connectivity index (χ2v) is 7.69. The summed E-state index contributed by atoms with van der Waals surface area (Å²) in [5.41, 5.74) is 0. The lowest BCUT2D eigenvalue weighted by Gasteiger charge is -2.12. The molecule has 0 spiro atoms. The fourth-order valence-electron chi connectivity index (χ4n) is 1.39. The van der Waals surface area contributed by atoms with E-state index in [1.807, 2.05) is 17.5 Å². The topological polar surface area (TPSA) is 75.6 Å². The first-order chi connectivity index (χ1) is 9.03. The molecule has 0 bridgehead atoms. The molecule has 0 radical (unpaired) electrons. The Labute approximate surface area is 118 Å². The number of aliphatic hydroxyl groups is 1. The van der Waals surface area contributed by atoms with Gasteiger partial charge in [-0.1, -0.05) is 13.0 Å². The molecule has 0 aliphatic heterocycles. The molecule has 0 amide bonds. The highest BCUT2D eigenvalue weighted by molar-refractivity contribution is 7.91. The summed E-state index contributed by atoms with van der Waals surface area (Å²) >= 11 is 1.61. The molecule has 1 rings (SSSR count). The molecular weight excluding hydrogens is 286 g/mol. The molecule has 110 valence electrons.